The van der Waals surface area contributed by atoms with Gasteiger partial charge in [0, 0.05) is 6.54 Å². The molecule has 2 rings (SSSR count). The Balaban J connectivity index is 2.26. The van der Waals surface area contributed by atoms with Gasteiger partial charge in [0.2, 0.25) is 10.0 Å². The van der Waals surface area contributed by atoms with Crippen LogP contribution in [0.15, 0.2) is 18.2 Å². The third-order valence-electron chi connectivity index (χ3n) is 3.31. The van der Waals surface area contributed by atoms with Crippen LogP contribution in [0.1, 0.15) is 22.3 Å². The number of hydrogen-bond donors (Lipinski definition) is 1. The number of sulfonamides is 1. The number of methoxy groups -OCH3 is 1. The van der Waals surface area contributed by atoms with Crippen LogP contribution in [-0.4, -0.2) is 44.9 Å². The van der Waals surface area contributed by atoms with Crippen molar-refractivity contribution >= 4 is 27.6 Å². The second-order valence-electron chi connectivity index (χ2n) is 4.61. The highest BCUT2D eigenvalue weighted by Crippen LogP contribution is 2.31. The minimum Gasteiger partial charge on any atom is -0.478 e. The summed E-state index contributed by atoms with van der Waals surface area (Å²) < 4.78 is 30.1. The van der Waals surface area contributed by atoms with Crippen molar-refractivity contribution < 1.29 is 27.9 Å². The molecule has 7 nitrogen and oxygen atoms in total. The lowest BCUT2D eigenvalue weighted by molar-refractivity contribution is -0.140. The minimum atomic E-state index is -3.68. The average Bonchev–Trinajstić information content (AvgIpc) is 2.88. The topological polar surface area (TPSA) is 101 Å². The fourth-order valence-electron chi connectivity index (χ4n) is 2.20. The van der Waals surface area contributed by atoms with Gasteiger partial charge in [-0.3, -0.25) is 9.10 Å². The highest BCUT2D eigenvalue weighted by atomic mass is 32.2. The van der Waals surface area contributed by atoms with E-state index >= 15 is 0 Å². The van der Waals surface area contributed by atoms with Gasteiger partial charge >= 0.3 is 11.9 Å². The molecule has 0 atom stereocenters. The number of carboxylic acids is 1. The molecule has 0 aromatic heterocycles. The molecule has 8 heteroatoms. The molecule has 0 radical (unpaired) electrons. The van der Waals surface area contributed by atoms with Crippen LogP contribution < -0.4 is 4.31 Å². The van der Waals surface area contributed by atoms with Gasteiger partial charge in [0.25, 0.3) is 0 Å². The van der Waals surface area contributed by atoms with Gasteiger partial charge in [0.05, 0.1) is 30.5 Å². The zero-order valence-corrected chi connectivity index (χ0v) is 12.2. The lowest BCUT2D eigenvalue weighted by Gasteiger charge is -2.19. The van der Waals surface area contributed by atoms with Gasteiger partial charge in [-0.2, -0.15) is 0 Å². The highest BCUT2D eigenvalue weighted by Gasteiger charge is 2.30. The Bertz CT molecular complexity index is 682. The maximum atomic E-state index is 12.3. The van der Waals surface area contributed by atoms with Crippen molar-refractivity contribution in [2.75, 3.05) is 23.7 Å². The van der Waals surface area contributed by atoms with Gasteiger partial charge in [-0.15, -0.1) is 0 Å². The van der Waals surface area contributed by atoms with Gasteiger partial charge in [-0.25, -0.2) is 13.2 Å². The fourth-order valence-corrected chi connectivity index (χ4v) is 3.68. The summed E-state index contributed by atoms with van der Waals surface area (Å²) in [4.78, 5) is 22.1. The molecule has 1 aliphatic heterocycles. The number of carbonyl (C=O) groups is 2. The van der Waals surface area contributed by atoms with Crippen molar-refractivity contribution in [3.63, 3.8) is 0 Å². The van der Waals surface area contributed by atoms with E-state index in [9.17, 15) is 18.0 Å². The first-order valence-corrected chi connectivity index (χ1v) is 7.89. The molecule has 21 heavy (non-hydrogen) atoms. The first-order chi connectivity index (χ1) is 9.85. The Morgan fingerprint density at radius 2 is 2.10 bits per heavy atom. The zero-order chi connectivity index (χ0) is 15.6. The molecule has 1 aromatic rings. The molecule has 0 saturated heterocycles. The van der Waals surface area contributed by atoms with E-state index in [-0.39, 0.29) is 24.3 Å². The molecular weight excluding hydrogens is 298 g/mol. The first-order valence-electron chi connectivity index (χ1n) is 6.28. The van der Waals surface area contributed by atoms with E-state index in [1.165, 1.54) is 19.2 Å². The molecule has 0 spiro atoms. The molecule has 0 aliphatic carbocycles. The predicted octanol–water partition coefficient (Wildman–Crippen LogP) is 0.640. The first kappa shape index (κ1) is 15.3. The molecule has 0 saturated carbocycles. The summed E-state index contributed by atoms with van der Waals surface area (Å²) >= 11 is 0. The van der Waals surface area contributed by atoms with Crippen molar-refractivity contribution in [3.05, 3.63) is 29.3 Å². The largest absolute Gasteiger partial charge is 0.478 e. The maximum Gasteiger partial charge on any atom is 0.335 e. The summed E-state index contributed by atoms with van der Waals surface area (Å²) in [5.41, 5.74) is 1.19. The average molecular weight is 313 g/mol. The van der Waals surface area contributed by atoms with Crippen LogP contribution in [0.4, 0.5) is 5.69 Å². The van der Waals surface area contributed by atoms with E-state index in [4.69, 9.17) is 5.11 Å². The van der Waals surface area contributed by atoms with Gasteiger partial charge in [0.1, 0.15) is 0 Å². The number of hydrogen-bond acceptors (Lipinski definition) is 5. The summed E-state index contributed by atoms with van der Waals surface area (Å²) in [6, 6.07) is 4.42. The van der Waals surface area contributed by atoms with Crippen LogP contribution in [0.5, 0.6) is 0 Å². The number of carboxylic acid groups (broad SMARTS) is 1. The van der Waals surface area contributed by atoms with Gasteiger partial charge in [-0.05, 0) is 24.1 Å². The summed E-state index contributed by atoms with van der Waals surface area (Å²) in [5.74, 6) is -2.08. The predicted molar refractivity (Wildman–Crippen MR) is 74.9 cm³/mol. The molecule has 1 aromatic carbocycles. The molecule has 0 bridgehead atoms. The summed E-state index contributed by atoms with van der Waals surface area (Å²) in [5, 5.41) is 8.98. The van der Waals surface area contributed by atoms with E-state index in [1.807, 2.05) is 0 Å². The normalized spacial score (nSPS) is 13.9. The molecule has 1 heterocycles. The van der Waals surface area contributed by atoms with Crippen molar-refractivity contribution in [3.8, 4) is 0 Å². The SMILES string of the molecule is COC(=O)CCS(=O)(=O)N1CCc2ccc(C(=O)O)cc21. The summed E-state index contributed by atoms with van der Waals surface area (Å²) in [6.07, 6.45) is 0.288. The third kappa shape index (κ3) is 3.15. The smallest absolute Gasteiger partial charge is 0.335 e. The molecular formula is C13H15NO6S. The quantitative estimate of drug-likeness (QED) is 0.801. The van der Waals surface area contributed by atoms with Crippen LogP contribution in [0.3, 0.4) is 0 Å². The minimum absolute atomic E-state index is 0.0313. The highest BCUT2D eigenvalue weighted by molar-refractivity contribution is 7.92. The number of fused-ring (bicyclic) bond motifs is 1. The van der Waals surface area contributed by atoms with E-state index in [1.54, 1.807) is 6.07 Å². The molecule has 0 amide bonds. The number of anilines is 1. The Hall–Kier alpha value is -2.09. The standard InChI is InChI=1S/C13H15NO6S/c1-20-12(15)5-7-21(18,19)14-6-4-9-2-3-10(13(16)17)8-11(9)14/h2-3,8H,4-7H2,1H3,(H,16,17). The van der Waals surface area contributed by atoms with E-state index in [2.05, 4.69) is 4.74 Å². The Kier molecular flexibility index (Phi) is 4.17. The summed E-state index contributed by atoms with van der Waals surface area (Å²) in [7, 11) is -2.49. The van der Waals surface area contributed by atoms with E-state index < -0.39 is 22.0 Å². The number of aromatic carboxylic acids is 1. The monoisotopic (exact) mass is 313 g/mol. The van der Waals surface area contributed by atoms with Gasteiger partial charge in [-0.1, -0.05) is 6.07 Å². The molecule has 114 valence electrons. The third-order valence-corrected chi connectivity index (χ3v) is 5.08. The Morgan fingerprint density at radius 1 is 1.38 bits per heavy atom. The lowest BCUT2D eigenvalue weighted by atomic mass is 10.1. The number of nitrogens with zero attached hydrogens (tertiary/aromatic N) is 1. The second kappa shape index (κ2) is 5.72. The number of esters is 1. The fraction of sp³-hybridized carbons (Fsp3) is 0.385. The van der Waals surface area contributed by atoms with Crippen molar-refractivity contribution in [1.29, 1.82) is 0 Å². The van der Waals surface area contributed by atoms with Crippen LogP contribution >= 0.6 is 0 Å². The van der Waals surface area contributed by atoms with Crippen LogP contribution in [0.2, 0.25) is 0 Å². The second-order valence-corrected chi connectivity index (χ2v) is 6.63. The lowest BCUT2D eigenvalue weighted by Crippen LogP contribution is -2.32. The Labute approximate surface area is 122 Å². The molecule has 0 fully saturated rings. The van der Waals surface area contributed by atoms with Crippen molar-refractivity contribution in [1.82, 2.24) is 0 Å². The van der Waals surface area contributed by atoms with E-state index in [0.29, 0.717) is 12.1 Å². The maximum absolute atomic E-state index is 12.3. The number of ether oxygens (including phenoxy) is 1. The van der Waals surface area contributed by atoms with Gasteiger partial charge < -0.3 is 9.84 Å². The van der Waals surface area contributed by atoms with Crippen LogP contribution in [-0.2, 0) is 26.0 Å². The van der Waals surface area contributed by atoms with Crippen molar-refractivity contribution in [2.45, 2.75) is 12.8 Å². The molecule has 1 N–H and O–H groups in total. The van der Waals surface area contributed by atoms with Crippen molar-refractivity contribution in [2.24, 2.45) is 0 Å². The molecule has 0 unspecified atom stereocenters. The number of carbonyl (C=O) groups excluding carboxylic acids is 1. The van der Waals surface area contributed by atoms with E-state index in [0.717, 1.165) is 9.87 Å². The number of rotatable bonds is 5. The molecule has 1 aliphatic rings. The zero-order valence-electron chi connectivity index (χ0n) is 11.4. The van der Waals surface area contributed by atoms with Gasteiger partial charge in [0.15, 0.2) is 0 Å². The van der Waals surface area contributed by atoms with Crippen LogP contribution in [0, 0.1) is 0 Å². The van der Waals surface area contributed by atoms with Crippen LogP contribution in [0.25, 0.3) is 0 Å². The number of benzene rings is 1. The summed E-state index contributed by atoms with van der Waals surface area (Å²) in [6.45, 7) is 0.252. The Morgan fingerprint density at radius 3 is 2.71 bits per heavy atom.